The number of nitrogens with one attached hydrogen (secondary N) is 1. The molecule has 0 atom stereocenters. The van der Waals surface area contributed by atoms with Crippen molar-refractivity contribution < 1.29 is 4.79 Å². The van der Waals surface area contributed by atoms with E-state index in [9.17, 15) is 4.79 Å². The summed E-state index contributed by atoms with van der Waals surface area (Å²) in [6.07, 6.45) is 0. The first kappa shape index (κ1) is 13.4. The summed E-state index contributed by atoms with van der Waals surface area (Å²) in [6.45, 7) is 3.96. The minimum absolute atomic E-state index is 0.0625. The molecule has 21 heavy (non-hydrogen) atoms. The van der Waals surface area contributed by atoms with Crippen molar-refractivity contribution in [1.29, 1.82) is 0 Å². The Morgan fingerprint density at radius 1 is 1.05 bits per heavy atom. The van der Waals surface area contributed by atoms with Crippen LogP contribution in [0.25, 0.3) is 10.8 Å². The van der Waals surface area contributed by atoms with Crippen LogP contribution in [-0.4, -0.2) is 10.5 Å². The van der Waals surface area contributed by atoms with Crippen molar-refractivity contribution in [1.82, 2.24) is 4.57 Å². The Labute approximate surface area is 124 Å². The van der Waals surface area contributed by atoms with E-state index in [0.29, 0.717) is 0 Å². The maximum atomic E-state index is 12.5. The van der Waals surface area contributed by atoms with Crippen LogP contribution >= 0.6 is 0 Å². The van der Waals surface area contributed by atoms with Crippen molar-refractivity contribution in [3.05, 3.63) is 65.5 Å². The second-order valence-electron chi connectivity index (χ2n) is 5.32. The zero-order valence-electron chi connectivity index (χ0n) is 12.5. The first-order valence-electron chi connectivity index (χ1n) is 7.00. The molecule has 0 saturated carbocycles. The van der Waals surface area contributed by atoms with Gasteiger partial charge in [0.15, 0.2) is 0 Å². The van der Waals surface area contributed by atoms with Crippen LogP contribution in [0.5, 0.6) is 0 Å². The molecule has 0 aliphatic rings. The number of amides is 1. The molecule has 3 nitrogen and oxygen atoms in total. The number of aromatic nitrogens is 1. The van der Waals surface area contributed by atoms with E-state index in [1.165, 1.54) is 0 Å². The van der Waals surface area contributed by atoms with Crippen LogP contribution in [0.3, 0.4) is 0 Å². The van der Waals surface area contributed by atoms with E-state index >= 15 is 0 Å². The van der Waals surface area contributed by atoms with Gasteiger partial charge >= 0.3 is 0 Å². The third-order valence-corrected chi connectivity index (χ3v) is 4.06. The molecule has 0 radical (unpaired) electrons. The van der Waals surface area contributed by atoms with E-state index in [0.717, 1.165) is 33.4 Å². The van der Waals surface area contributed by atoms with Gasteiger partial charge in [0.2, 0.25) is 0 Å². The van der Waals surface area contributed by atoms with E-state index < -0.39 is 0 Å². The summed E-state index contributed by atoms with van der Waals surface area (Å²) in [5.41, 5.74) is 3.63. The highest BCUT2D eigenvalue weighted by Crippen LogP contribution is 2.24. The molecule has 2 aromatic carbocycles. The van der Waals surface area contributed by atoms with Crippen molar-refractivity contribution in [2.24, 2.45) is 7.05 Å². The van der Waals surface area contributed by atoms with Crippen molar-refractivity contribution >= 4 is 22.4 Å². The number of rotatable bonds is 2. The van der Waals surface area contributed by atoms with Crippen LogP contribution in [0.2, 0.25) is 0 Å². The number of nitrogens with zero attached hydrogens (tertiary/aromatic N) is 1. The van der Waals surface area contributed by atoms with E-state index in [-0.39, 0.29) is 5.91 Å². The lowest BCUT2D eigenvalue weighted by molar-refractivity contribution is 0.102. The Balaban J connectivity index is 1.98. The first-order chi connectivity index (χ1) is 10.1. The molecule has 1 N–H and O–H groups in total. The molecule has 0 fully saturated rings. The normalized spacial score (nSPS) is 10.8. The molecule has 3 aromatic rings. The van der Waals surface area contributed by atoms with E-state index in [1.807, 2.05) is 74.0 Å². The predicted octanol–water partition coefficient (Wildman–Crippen LogP) is 4.05. The van der Waals surface area contributed by atoms with Gasteiger partial charge in [0.25, 0.3) is 5.91 Å². The number of benzene rings is 2. The number of hydrogen-bond acceptors (Lipinski definition) is 1. The van der Waals surface area contributed by atoms with Crippen LogP contribution in [-0.2, 0) is 7.05 Å². The number of fused-ring (bicyclic) bond motifs is 1. The topological polar surface area (TPSA) is 34.0 Å². The summed E-state index contributed by atoms with van der Waals surface area (Å²) in [5, 5.41) is 5.21. The monoisotopic (exact) mass is 278 g/mol. The molecule has 1 heterocycles. The van der Waals surface area contributed by atoms with E-state index in [2.05, 4.69) is 5.32 Å². The lowest BCUT2D eigenvalue weighted by atomic mass is 10.1. The van der Waals surface area contributed by atoms with Gasteiger partial charge in [0, 0.05) is 29.5 Å². The van der Waals surface area contributed by atoms with Crippen molar-refractivity contribution in [2.75, 3.05) is 5.32 Å². The van der Waals surface area contributed by atoms with Crippen LogP contribution in [0.1, 0.15) is 21.7 Å². The molecule has 1 amide bonds. The SMILES string of the molecule is Cc1cc(C(=O)Nc2cccc3ccccc23)c(C)n1C. The van der Waals surface area contributed by atoms with E-state index in [4.69, 9.17) is 0 Å². The summed E-state index contributed by atoms with van der Waals surface area (Å²) in [7, 11) is 1.97. The summed E-state index contributed by atoms with van der Waals surface area (Å²) in [5.74, 6) is -0.0625. The lowest BCUT2D eigenvalue weighted by Crippen LogP contribution is -2.13. The highest BCUT2D eigenvalue weighted by atomic mass is 16.1. The number of anilines is 1. The molecule has 3 rings (SSSR count). The van der Waals surface area contributed by atoms with Gasteiger partial charge in [-0.25, -0.2) is 0 Å². The number of hydrogen-bond donors (Lipinski definition) is 1. The molecule has 1 aromatic heterocycles. The fourth-order valence-corrected chi connectivity index (χ4v) is 2.61. The van der Waals surface area contributed by atoms with Crippen molar-refractivity contribution in [3.63, 3.8) is 0 Å². The fraction of sp³-hybridized carbons (Fsp3) is 0.167. The maximum Gasteiger partial charge on any atom is 0.257 e. The van der Waals surface area contributed by atoms with Gasteiger partial charge in [-0.15, -0.1) is 0 Å². The average Bonchev–Trinajstić information content (AvgIpc) is 2.75. The van der Waals surface area contributed by atoms with Crippen LogP contribution < -0.4 is 5.32 Å². The number of carbonyl (C=O) groups is 1. The zero-order valence-corrected chi connectivity index (χ0v) is 12.5. The van der Waals surface area contributed by atoms with Crippen LogP contribution in [0, 0.1) is 13.8 Å². The van der Waals surface area contributed by atoms with Gasteiger partial charge in [-0.2, -0.15) is 0 Å². The summed E-state index contributed by atoms with van der Waals surface area (Å²) < 4.78 is 2.03. The van der Waals surface area contributed by atoms with Crippen molar-refractivity contribution in [3.8, 4) is 0 Å². The highest BCUT2D eigenvalue weighted by molar-refractivity contribution is 6.09. The Morgan fingerprint density at radius 2 is 1.76 bits per heavy atom. The smallest absolute Gasteiger partial charge is 0.257 e. The molecular weight excluding hydrogens is 260 g/mol. The quantitative estimate of drug-likeness (QED) is 0.754. The lowest BCUT2D eigenvalue weighted by Gasteiger charge is -2.09. The van der Waals surface area contributed by atoms with Gasteiger partial charge in [0.05, 0.1) is 5.56 Å². The molecule has 0 aliphatic heterocycles. The highest BCUT2D eigenvalue weighted by Gasteiger charge is 2.14. The van der Waals surface area contributed by atoms with Gasteiger partial charge in [-0.3, -0.25) is 4.79 Å². The van der Waals surface area contributed by atoms with Gasteiger partial charge in [0.1, 0.15) is 0 Å². The minimum atomic E-state index is -0.0625. The van der Waals surface area contributed by atoms with Crippen LogP contribution in [0.4, 0.5) is 5.69 Å². The van der Waals surface area contributed by atoms with Gasteiger partial charge in [-0.05, 0) is 31.4 Å². The summed E-state index contributed by atoms with van der Waals surface area (Å²) in [4.78, 5) is 12.5. The van der Waals surface area contributed by atoms with Crippen LogP contribution in [0.15, 0.2) is 48.5 Å². The molecule has 106 valence electrons. The second-order valence-corrected chi connectivity index (χ2v) is 5.32. The Kier molecular flexibility index (Phi) is 3.26. The fourth-order valence-electron chi connectivity index (χ4n) is 2.61. The Hall–Kier alpha value is -2.55. The second kappa shape index (κ2) is 5.09. The molecule has 0 spiro atoms. The third-order valence-electron chi connectivity index (χ3n) is 4.06. The Bertz CT molecular complexity index is 825. The molecule has 0 saturated heterocycles. The summed E-state index contributed by atoms with van der Waals surface area (Å²) in [6, 6.07) is 15.9. The minimum Gasteiger partial charge on any atom is -0.351 e. The molecule has 0 aliphatic carbocycles. The first-order valence-corrected chi connectivity index (χ1v) is 7.00. The molecule has 3 heteroatoms. The largest absolute Gasteiger partial charge is 0.351 e. The zero-order chi connectivity index (χ0) is 15.0. The molecule has 0 unspecified atom stereocenters. The Morgan fingerprint density at radius 3 is 2.48 bits per heavy atom. The van der Waals surface area contributed by atoms with Gasteiger partial charge in [-0.1, -0.05) is 36.4 Å². The van der Waals surface area contributed by atoms with Crippen molar-refractivity contribution in [2.45, 2.75) is 13.8 Å². The standard InChI is InChI=1S/C18H18N2O/c1-12-11-16(13(2)20(12)3)18(21)19-17-10-6-8-14-7-4-5-9-15(14)17/h4-11H,1-3H3,(H,19,21). The average molecular weight is 278 g/mol. The van der Waals surface area contributed by atoms with Gasteiger partial charge < -0.3 is 9.88 Å². The molecular formula is C18H18N2O. The molecule has 0 bridgehead atoms. The number of carbonyl (C=O) groups excluding carboxylic acids is 1. The maximum absolute atomic E-state index is 12.5. The summed E-state index contributed by atoms with van der Waals surface area (Å²) >= 11 is 0. The predicted molar refractivity (Wildman–Crippen MR) is 86.8 cm³/mol. The number of aryl methyl sites for hydroxylation is 1. The van der Waals surface area contributed by atoms with E-state index in [1.54, 1.807) is 0 Å². The third kappa shape index (κ3) is 2.31.